The van der Waals surface area contributed by atoms with Crippen LogP contribution in [-0.4, -0.2) is 39.6 Å². The van der Waals surface area contributed by atoms with Crippen LogP contribution in [0.1, 0.15) is 12.5 Å². The van der Waals surface area contributed by atoms with Crippen molar-refractivity contribution in [3.8, 4) is 23.0 Å². The van der Waals surface area contributed by atoms with Gasteiger partial charge >= 0.3 is 0 Å². The van der Waals surface area contributed by atoms with Crippen molar-refractivity contribution < 1.29 is 23.7 Å². The average Bonchev–Trinajstić information content (AvgIpc) is 2.69. The molecule has 2 rings (SSSR count). The van der Waals surface area contributed by atoms with E-state index >= 15 is 0 Å². The summed E-state index contributed by atoms with van der Waals surface area (Å²) in [6.07, 6.45) is 0. The highest BCUT2D eigenvalue weighted by molar-refractivity contribution is 6.01. The van der Waals surface area contributed by atoms with Crippen molar-refractivity contribution in [3.63, 3.8) is 0 Å². The van der Waals surface area contributed by atoms with Gasteiger partial charge in [0.05, 0.1) is 27.0 Å². The van der Waals surface area contributed by atoms with Crippen molar-refractivity contribution in [2.45, 2.75) is 6.92 Å². The maximum Gasteiger partial charge on any atom is 0.277 e. The maximum atomic E-state index is 12.0. The molecular weight excluding hydrogens is 336 g/mol. The van der Waals surface area contributed by atoms with Gasteiger partial charge in [0.15, 0.2) is 18.1 Å². The molecule has 26 heavy (non-hydrogen) atoms. The maximum absolute atomic E-state index is 12.0. The first-order chi connectivity index (χ1) is 12.6. The zero-order valence-corrected chi connectivity index (χ0v) is 15.2. The number of methoxy groups -OCH3 is 3. The average molecular weight is 358 g/mol. The molecule has 0 saturated carbocycles. The number of nitrogens with zero attached hydrogens (tertiary/aromatic N) is 1. The minimum Gasteiger partial charge on any atom is -0.497 e. The highest BCUT2D eigenvalue weighted by atomic mass is 16.5. The van der Waals surface area contributed by atoms with Gasteiger partial charge in [0, 0.05) is 11.6 Å². The zero-order valence-electron chi connectivity index (χ0n) is 15.2. The molecule has 1 N–H and O–H groups in total. The molecule has 0 aliphatic rings. The molecule has 0 aliphatic carbocycles. The standard InChI is InChI=1S/C19H22N2O5/c1-13(15-10-9-14(23-2)11-18(15)25-4)20-21-19(22)12-26-17-8-6-5-7-16(17)24-3/h5-11H,12H2,1-4H3,(H,21,22)/b20-13-. The lowest BCUT2D eigenvalue weighted by atomic mass is 10.1. The summed E-state index contributed by atoms with van der Waals surface area (Å²) in [5.74, 6) is 1.94. The Morgan fingerprint density at radius 3 is 2.31 bits per heavy atom. The molecule has 7 nitrogen and oxygen atoms in total. The van der Waals surface area contributed by atoms with Crippen molar-refractivity contribution in [2.75, 3.05) is 27.9 Å². The van der Waals surface area contributed by atoms with Crippen LogP contribution in [0.4, 0.5) is 0 Å². The summed E-state index contributed by atoms with van der Waals surface area (Å²) in [6, 6.07) is 12.5. The van der Waals surface area contributed by atoms with Gasteiger partial charge in [-0.05, 0) is 31.2 Å². The van der Waals surface area contributed by atoms with Crippen molar-refractivity contribution >= 4 is 11.6 Å². The predicted octanol–water partition coefficient (Wildman–Crippen LogP) is 2.63. The summed E-state index contributed by atoms with van der Waals surface area (Å²) in [4.78, 5) is 12.0. The Kier molecular flexibility index (Phi) is 6.84. The van der Waals surface area contributed by atoms with E-state index in [1.54, 1.807) is 51.5 Å². The van der Waals surface area contributed by atoms with Crippen LogP contribution in [0.25, 0.3) is 0 Å². The summed E-state index contributed by atoms with van der Waals surface area (Å²) in [5.41, 5.74) is 3.81. The van der Waals surface area contributed by atoms with E-state index in [0.29, 0.717) is 28.7 Å². The molecule has 138 valence electrons. The van der Waals surface area contributed by atoms with Crippen molar-refractivity contribution in [3.05, 3.63) is 48.0 Å². The minimum atomic E-state index is -0.386. The Bertz CT molecular complexity index is 789. The molecule has 0 heterocycles. The van der Waals surface area contributed by atoms with E-state index in [-0.39, 0.29) is 12.5 Å². The number of carbonyl (C=O) groups excluding carboxylic acids is 1. The van der Waals surface area contributed by atoms with Gasteiger partial charge in [-0.25, -0.2) is 5.43 Å². The Morgan fingerprint density at radius 1 is 0.962 bits per heavy atom. The summed E-state index contributed by atoms with van der Waals surface area (Å²) in [5, 5.41) is 4.10. The van der Waals surface area contributed by atoms with E-state index in [0.717, 1.165) is 5.56 Å². The summed E-state index contributed by atoms with van der Waals surface area (Å²) >= 11 is 0. The topological polar surface area (TPSA) is 78.4 Å². The molecule has 2 aromatic rings. The van der Waals surface area contributed by atoms with Crippen molar-refractivity contribution in [2.24, 2.45) is 5.10 Å². The summed E-state index contributed by atoms with van der Waals surface area (Å²) in [6.45, 7) is 1.59. The summed E-state index contributed by atoms with van der Waals surface area (Å²) in [7, 11) is 4.68. The lowest BCUT2D eigenvalue weighted by Crippen LogP contribution is -2.25. The Hall–Kier alpha value is -3.22. The van der Waals surface area contributed by atoms with Crippen LogP contribution < -0.4 is 24.4 Å². The number of carbonyl (C=O) groups is 1. The Morgan fingerprint density at radius 2 is 1.65 bits per heavy atom. The van der Waals surface area contributed by atoms with Crippen LogP contribution in [0.5, 0.6) is 23.0 Å². The van der Waals surface area contributed by atoms with Gasteiger partial charge in [0.25, 0.3) is 5.91 Å². The van der Waals surface area contributed by atoms with E-state index in [4.69, 9.17) is 18.9 Å². The van der Waals surface area contributed by atoms with Gasteiger partial charge in [0.2, 0.25) is 0 Å². The molecule has 2 aromatic carbocycles. The van der Waals surface area contributed by atoms with Crippen LogP contribution in [0.2, 0.25) is 0 Å². The number of hydrazone groups is 1. The lowest BCUT2D eigenvalue weighted by Gasteiger charge is -2.11. The van der Waals surface area contributed by atoms with E-state index in [9.17, 15) is 4.79 Å². The van der Waals surface area contributed by atoms with Gasteiger partial charge < -0.3 is 18.9 Å². The third-order valence-corrected chi connectivity index (χ3v) is 3.57. The minimum absolute atomic E-state index is 0.184. The molecule has 0 bridgehead atoms. The molecule has 0 unspecified atom stereocenters. The number of para-hydroxylation sites is 2. The second-order valence-electron chi connectivity index (χ2n) is 5.24. The quantitative estimate of drug-likeness (QED) is 0.580. The Balaban J connectivity index is 1.99. The van der Waals surface area contributed by atoms with E-state index < -0.39 is 0 Å². The first-order valence-corrected chi connectivity index (χ1v) is 7.90. The second-order valence-corrected chi connectivity index (χ2v) is 5.24. The van der Waals surface area contributed by atoms with Gasteiger partial charge in [-0.3, -0.25) is 4.79 Å². The number of rotatable bonds is 8. The molecular formula is C19H22N2O5. The van der Waals surface area contributed by atoms with Crippen LogP contribution >= 0.6 is 0 Å². The molecule has 0 atom stereocenters. The fraction of sp³-hybridized carbons (Fsp3) is 0.263. The first kappa shape index (κ1) is 19.1. The first-order valence-electron chi connectivity index (χ1n) is 7.90. The fourth-order valence-electron chi connectivity index (χ4n) is 2.22. The largest absolute Gasteiger partial charge is 0.497 e. The number of benzene rings is 2. The third-order valence-electron chi connectivity index (χ3n) is 3.57. The highest BCUT2D eigenvalue weighted by Gasteiger charge is 2.10. The normalized spacial score (nSPS) is 10.8. The van der Waals surface area contributed by atoms with Gasteiger partial charge in [-0.15, -0.1) is 0 Å². The molecule has 0 fully saturated rings. The zero-order chi connectivity index (χ0) is 18.9. The van der Waals surface area contributed by atoms with Crippen LogP contribution in [0.3, 0.4) is 0 Å². The fourth-order valence-corrected chi connectivity index (χ4v) is 2.22. The number of hydrogen-bond acceptors (Lipinski definition) is 6. The van der Waals surface area contributed by atoms with E-state index in [1.807, 2.05) is 12.1 Å². The molecule has 0 spiro atoms. The SMILES string of the molecule is COc1ccc(/C(C)=N\NC(=O)COc2ccccc2OC)c(OC)c1. The van der Waals surface area contributed by atoms with Gasteiger partial charge in [0.1, 0.15) is 11.5 Å². The number of ether oxygens (including phenoxy) is 4. The van der Waals surface area contributed by atoms with Crippen LogP contribution in [0.15, 0.2) is 47.6 Å². The molecule has 0 radical (unpaired) electrons. The Labute approximate surface area is 152 Å². The van der Waals surface area contributed by atoms with E-state index in [2.05, 4.69) is 10.5 Å². The smallest absolute Gasteiger partial charge is 0.277 e. The molecule has 1 amide bonds. The van der Waals surface area contributed by atoms with Crippen molar-refractivity contribution in [1.82, 2.24) is 5.43 Å². The highest BCUT2D eigenvalue weighted by Crippen LogP contribution is 2.26. The second kappa shape index (κ2) is 9.31. The molecule has 7 heteroatoms. The van der Waals surface area contributed by atoms with E-state index in [1.165, 1.54) is 7.11 Å². The predicted molar refractivity (Wildman–Crippen MR) is 98.4 cm³/mol. The van der Waals surface area contributed by atoms with Crippen LogP contribution in [0, 0.1) is 0 Å². The number of amides is 1. The van der Waals surface area contributed by atoms with Crippen LogP contribution in [-0.2, 0) is 4.79 Å². The molecule has 0 saturated heterocycles. The number of nitrogens with one attached hydrogen (secondary N) is 1. The lowest BCUT2D eigenvalue weighted by molar-refractivity contribution is -0.123. The monoisotopic (exact) mass is 358 g/mol. The molecule has 0 aliphatic heterocycles. The van der Waals surface area contributed by atoms with Crippen molar-refractivity contribution in [1.29, 1.82) is 0 Å². The van der Waals surface area contributed by atoms with Gasteiger partial charge in [-0.2, -0.15) is 5.10 Å². The third kappa shape index (κ3) is 4.89. The van der Waals surface area contributed by atoms with Gasteiger partial charge in [-0.1, -0.05) is 12.1 Å². The summed E-state index contributed by atoms with van der Waals surface area (Å²) < 4.78 is 21.1. The molecule has 0 aromatic heterocycles. The number of hydrogen-bond donors (Lipinski definition) is 1.